The van der Waals surface area contributed by atoms with E-state index in [9.17, 15) is 0 Å². The molecule has 0 aliphatic heterocycles. The van der Waals surface area contributed by atoms with Crippen LogP contribution in [-0.2, 0) is 0 Å². The predicted octanol–water partition coefficient (Wildman–Crippen LogP) is -1.44. The van der Waals surface area contributed by atoms with Gasteiger partial charge in [-0.2, -0.15) is 6.92 Å². The van der Waals surface area contributed by atoms with Crippen molar-refractivity contribution in [2.24, 2.45) is 0 Å². The molecule has 0 unspecified atom stereocenters. The Hall–Kier alpha value is 1.60. The molecule has 0 rings (SSSR count). The van der Waals surface area contributed by atoms with E-state index in [-0.39, 0.29) is 57.5 Å². The topological polar surface area (TPSA) is 33.5 Å². The van der Waals surface area contributed by atoms with Crippen LogP contribution in [-0.4, -0.2) is 0 Å². The summed E-state index contributed by atoms with van der Waals surface area (Å²) in [5, 5.41) is 0. The SMILES string of the molecule is [CH2-]C.[K+].[NH2-]. The summed E-state index contributed by atoms with van der Waals surface area (Å²) in [6, 6.07) is 0. The van der Waals surface area contributed by atoms with Crippen molar-refractivity contribution in [3.8, 4) is 0 Å². The van der Waals surface area contributed by atoms with Crippen LogP contribution in [0.2, 0.25) is 0 Å². The van der Waals surface area contributed by atoms with Crippen LogP contribution in [0.1, 0.15) is 6.92 Å². The van der Waals surface area contributed by atoms with Gasteiger partial charge in [0.15, 0.2) is 0 Å². The first kappa shape index (κ1) is 17.5. The van der Waals surface area contributed by atoms with Gasteiger partial charge < -0.3 is 13.1 Å². The summed E-state index contributed by atoms with van der Waals surface area (Å²) in [4.78, 5) is 0. The maximum absolute atomic E-state index is 3.25. The van der Waals surface area contributed by atoms with Crippen LogP contribution in [0.15, 0.2) is 0 Å². The van der Waals surface area contributed by atoms with Gasteiger partial charge in [0.2, 0.25) is 0 Å². The Balaban J connectivity index is -0.00000000500. The van der Waals surface area contributed by atoms with E-state index in [0.717, 1.165) is 0 Å². The molecule has 0 aromatic carbocycles. The molecule has 2 heteroatoms. The minimum Gasteiger partial charge on any atom is -0.693 e. The summed E-state index contributed by atoms with van der Waals surface area (Å²) >= 11 is 0. The first-order valence-electron chi connectivity index (χ1n) is 0.707. The van der Waals surface area contributed by atoms with Crippen LogP contribution >= 0.6 is 0 Å². The largest absolute Gasteiger partial charge is 1.00 e. The van der Waals surface area contributed by atoms with E-state index in [0.29, 0.717) is 0 Å². The van der Waals surface area contributed by atoms with Gasteiger partial charge in [0.25, 0.3) is 0 Å². The Bertz CT molecular complexity index is 6.00. The molecule has 0 saturated carbocycles. The molecule has 0 heterocycles. The van der Waals surface area contributed by atoms with Crippen LogP contribution in [0, 0.1) is 6.92 Å². The number of hydrogen-bond acceptors (Lipinski definition) is 0. The van der Waals surface area contributed by atoms with Crippen LogP contribution in [0.25, 0.3) is 6.15 Å². The Morgan fingerprint density at radius 2 is 1.25 bits per heavy atom. The van der Waals surface area contributed by atoms with Crippen molar-refractivity contribution >= 4 is 0 Å². The third-order valence-corrected chi connectivity index (χ3v) is 0. The van der Waals surface area contributed by atoms with Crippen molar-refractivity contribution in [1.82, 2.24) is 0 Å². The molecular formula is C2H7KN-. The number of hydrogen-bond donors (Lipinski definition) is 0. The van der Waals surface area contributed by atoms with Gasteiger partial charge in [-0.1, -0.05) is 0 Å². The molecule has 0 atom stereocenters. The van der Waals surface area contributed by atoms with E-state index in [4.69, 9.17) is 0 Å². The summed E-state index contributed by atoms with van der Waals surface area (Å²) in [6.45, 7) is 5.00. The van der Waals surface area contributed by atoms with Crippen LogP contribution in [0.3, 0.4) is 0 Å². The molecule has 0 radical (unpaired) electrons. The molecule has 0 aliphatic rings. The third kappa shape index (κ3) is 9.51. The molecule has 0 fully saturated rings. The van der Waals surface area contributed by atoms with Crippen molar-refractivity contribution in [2.45, 2.75) is 6.92 Å². The average Bonchev–Trinajstić information content (AvgIpc) is 1.00. The molecule has 0 bridgehead atoms. The van der Waals surface area contributed by atoms with Gasteiger partial charge in [0.1, 0.15) is 0 Å². The van der Waals surface area contributed by atoms with Crippen molar-refractivity contribution in [3.63, 3.8) is 0 Å². The van der Waals surface area contributed by atoms with Gasteiger partial charge in [-0.05, 0) is 0 Å². The van der Waals surface area contributed by atoms with E-state index in [2.05, 4.69) is 6.92 Å². The summed E-state index contributed by atoms with van der Waals surface area (Å²) in [7, 11) is 0. The first-order valence-corrected chi connectivity index (χ1v) is 0.707. The van der Waals surface area contributed by atoms with E-state index in [1.165, 1.54) is 0 Å². The average molecular weight is 84.2 g/mol. The minimum absolute atomic E-state index is 0. The normalized spacial score (nSPS) is 1.50. The fourth-order valence-electron chi connectivity index (χ4n) is 0. The Morgan fingerprint density at radius 1 is 1.25 bits per heavy atom. The molecule has 0 aliphatic carbocycles. The molecule has 0 aromatic heterocycles. The zero-order valence-electron chi connectivity index (χ0n) is 3.28. The predicted molar refractivity (Wildman–Crippen MR) is 16.3 cm³/mol. The summed E-state index contributed by atoms with van der Waals surface area (Å²) in [5.74, 6) is 0. The zero-order chi connectivity index (χ0) is 2.00. The first-order chi connectivity index (χ1) is 1.00. The summed E-state index contributed by atoms with van der Waals surface area (Å²) in [6.07, 6.45) is 0. The Labute approximate surface area is 70.2 Å². The molecule has 2 N–H and O–H groups in total. The standard InChI is InChI=1S/C2H5.K.H2N/c1-2;;/h1H2,2H3;;1H2/q-1;+1;-1. The quantitative estimate of drug-likeness (QED) is 0.254. The molecule has 0 amide bonds. The van der Waals surface area contributed by atoms with Gasteiger partial charge in [0, 0.05) is 0 Å². The van der Waals surface area contributed by atoms with Crippen molar-refractivity contribution in [1.29, 1.82) is 0 Å². The molecule has 0 aromatic rings. The molecule has 0 saturated heterocycles. The van der Waals surface area contributed by atoms with Gasteiger partial charge in [0.05, 0.1) is 0 Å². The van der Waals surface area contributed by atoms with Crippen LogP contribution in [0.5, 0.6) is 0 Å². The third-order valence-electron chi connectivity index (χ3n) is 0. The van der Waals surface area contributed by atoms with Crippen LogP contribution in [0.4, 0.5) is 0 Å². The second-order valence-electron chi connectivity index (χ2n) is 0. The zero-order valence-corrected chi connectivity index (χ0v) is 6.41. The van der Waals surface area contributed by atoms with Crippen molar-refractivity contribution < 1.29 is 51.4 Å². The minimum atomic E-state index is 0. The van der Waals surface area contributed by atoms with Gasteiger partial charge in [-0.3, -0.25) is 0 Å². The second kappa shape index (κ2) is 23.3. The van der Waals surface area contributed by atoms with Gasteiger partial charge >= 0.3 is 51.4 Å². The molecule has 0 spiro atoms. The molecule has 4 heavy (non-hydrogen) atoms. The van der Waals surface area contributed by atoms with Crippen LogP contribution < -0.4 is 51.4 Å². The fourth-order valence-corrected chi connectivity index (χ4v) is 0. The maximum atomic E-state index is 3.25. The molecular weight excluding hydrogens is 77.1 g/mol. The van der Waals surface area contributed by atoms with Gasteiger partial charge in [-0.25, -0.2) is 0 Å². The summed E-state index contributed by atoms with van der Waals surface area (Å²) in [5.41, 5.74) is 0. The van der Waals surface area contributed by atoms with Crippen molar-refractivity contribution in [2.75, 3.05) is 0 Å². The smallest absolute Gasteiger partial charge is 0.693 e. The molecule has 1 nitrogen and oxygen atoms in total. The Kier molecular flexibility index (Phi) is 102. The van der Waals surface area contributed by atoms with Gasteiger partial charge in [-0.15, -0.1) is 0 Å². The van der Waals surface area contributed by atoms with E-state index >= 15 is 0 Å². The van der Waals surface area contributed by atoms with E-state index in [1.807, 2.05) is 0 Å². The second-order valence-corrected chi connectivity index (χ2v) is 0. The van der Waals surface area contributed by atoms with Crippen molar-refractivity contribution in [3.05, 3.63) is 13.1 Å². The maximum Gasteiger partial charge on any atom is 1.00 e. The number of nitrogens with two attached hydrogens (primary N) is 1. The monoisotopic (exact) mass is 84.0 g/mol. The summed E-state index contributed by atoms with van der Waals surface area (Å²) < 4.78 is 0. The number of rotatable bonds is 0. The fraction of sp³-hybridized carbons (Fsp3) is 0.500. The van der Waals surface area contributed by atoms with E-state index in [1.54, 1.807) is 6.92 Å². The van der Waals surface area contributed by atoms with E-state index < -0.39 is 0 Å². The Morgan fingerprint density at radius 3 is 1.25 bits per heavy atom. The molecule has 22 valence electrons.